The van der Waals surface area contributed by atoms with E-state index in [0.717, 1.165) is 36.3 Å². The highest BCUT2D eigenvalue weighted by Gasteiger charge is 2.18. The van der Waals surface area contributed by atoms with Gasteiger partial charge >= 0.3 is 0 Å². The Morgan fingerprint density at radius 1 is 1.18 bits per heavy atom. The maximum absolute atomic E-state index is 13.1. The maximum atomic E-state index is 13.1. The van der Waals surface area contributed by atoms with Crippen molar-refractivity contribution in [2.45, 2.75) is 26.7 Å². The Labute approximate surface area is 235 Å². The van der Waals surface area contributed by atoms with Crippen molar-refractivity contribution in [2.24, 2.45) is 5.73 Å². The number of hydrogen-bond donors (Lipinski definition) is 2. The first-order valence-corrected chi connectivity index (χ1v) is 13.8. The highest BCUT2D eigenvalue weighted by molar-refractivity contribution is 7.86. The number of pyridine rings is 1. The third kappa shape index (κ3) is 9.59. The minimum Gasteiger partial charge on any atom is -0.405 e. The summed E-state index contributed by atoms with van der Waals surface area (Å²) in [5.74, 6) is -0.0397. The van der Waals surface area contributed by atoms with Crippen LogP contribution in [0.25, 0.3) is 11.3 Å². The first-order valence-electron chi connectivity index (χ1n) is 11.8. The number of carbonyl (C=O) groups excluding carboxylic acids is 1. The SMILES string of the molecule is C/C=C(\C)Cl.C=CN.O=C(Nc1ccc(Cl)c(-c2ccc(F)cn2)c1)c1ccc(N2CCCCS2=O)cc1. The van der Waals surface area contributed by atoms with Crippen LogP contribution in [0.15, 0.2) is 84.7 Å². The van der Waals surface area contributed by atoms with Crippen LogP contribution < -0.4 is 15.4 Å². The van der Waals surface area contributed by atoms with Crippen molar-refractivity contribution in [2.75, 3.05) is 21.9 Å². The molecule has 1 aliphatic heterocycles. The average Bonchev–Trinajstić information content (AvgIpc) is 2.91. The fraction of sp³-hybridized carbons (Fsp3) is 0.214. The molecule has 0 aliphatic carbocycles. The highest BCUT2D eigenvalue weighted by Crippen LogP contribution is 2.30. The summed E-state index contributed by atoms with van der Waals surface area (Å²) in [5, 5.41) is 4.14. The summed E-state index contributed by atoms with van der Waals surface area (Å²) >= 11 is 11.6. The van der Waals surface area contributed by atoms with Crippen LogP contribution >= 0.6 is 23.2 Å². The first kappa shape index (κ1) is 31.0. The molecule has 38 heavy (non-hydrogen) atoms. The quantitative estimate of drug-likeness (QED) is 0.341. The molecule has 2 aromatic carbocycles. The summed E-state index contributed by atoms with van der Waals surface area (Å²) in [5.41, 5.74) is 7.60. The number of halogens is 3. The van der Waals surface area contributed by atoms with Crippen molar-refractivity contribution in [1.29, 1.82) is 0 Å². The van der Waals surface area contributed by atoms with E-state index >= 15 is 0 Å². The topological polar surface area (TPSA) is 88.3 Å². The summed E-state index contributed by atoms with van der Waals surface area (Å²) in [4.78, 5) is 16.7. The molecule has 1 saturated heterocycles. The number of carbonyl (C=O) groups is 1. The molecule has 1 aromatic heterocycles. The molecule has 0 spiro atoms. The van der Waals surface area contributed by atoms with Crippen LogP contribution in [-0.2, 0) is 11.0 Å². The number of allylic oxidation sites excluding steroid dienone is 2. The zero-order valence-electron chi connectivity index (χ0n) is 21.3. The van der Waals surface area contributed by atoms with Gasteiger partial charge in [0.1, 0.15) is 16.8 Å². The van der Waals surface area contributed by atoms with Gasteiger partial charge in [0.25, 0.3) is 5.91 Å². The lowest BCUT2D eigenvalue weighted by Crippen LogP contribution is -2.32. The second-order valence-corrected chi connectivity index (χ2v) is 10.5. The molecule has 3 N–H and O–H groups in total. The molecule has 202 valence electrons. The molecule has 1 amide bonds. The third-order valence-corrected chi connectivity index (χ3v) is 7.29. The van der Waals surface area contributed by atoms with Gasteiger partial charge in [0, 0.05) is 39.8 Å². The van der Waals surface area contributed by atoms with Gasteiger partial charge in [0.2, 0.25) is 0 Å². The van der Waals surface area contributed by atoms with Crippen LogP contribution in [0, 0.1) is 5.82 Å². The Morgan fingerprint density at radius 3 is 2.39 bits per heavy atom. The second-order valence-electron chi connectivity index (χ2n) is 8.00. The van der Waals surface area contributed by atoms with Crippen LogP contribution in [0.2, 0.25) is 5.02 Å². The summed E-state index contributed by atoms with van der Waals surface area (Å²) in [6.45, 7) is 7.65. The maximum Gasteiger partial charge on any atom is 0.255 e. The largest absolute Gasteiger partial charge is 0.405 e. The van der Waals surface area contributed by atoms with Gasteiger partial charge in [-0.2, -0.15) is 0 Å². The summed E-state index contributed by atoms with van der Waals surface area (Å²) < 4.78 is 27.2. The fourth-order valence-corrected chi connectivity index (χ4v) is 4.83. The Kier molecular flexibility index (Phi) is 13.0. The summed E-state index contributed by atoms with van der Waals surface area (Å²) in [7, 11) is -1.01. The number of benzene rings is 2. The number of hydrogen-bond acceptors (Lipinski definition) is 4. The number of nitrogens with zero attached hydrogens (tertiary/aromatic N) is 2. The van der Waals surface area contributed by atoms with Gasteiger partial charge in [-0.15, -0.1) is 0 Å². The molecular formula is C28H31Cl2FN4O2S. The van der Waals surface area contributed by atoms with Gasteiger partial charge in [-0.25, -0.2) is 8.60 Å². The summed E-state index contributed by atoms with van der Waals surface area (Å²) in [6.07, 6.45) is 6.20. The lowest BCUT2D eigenvalue weighted by molar-refractivity contribution is 0.102. The van der Waals surface area contributed by atoms with E-state index in [4.69, 9.17) is 23.2 Å². The third-order valence-electron chi connectivity index (χ3n) is 5.22. The molecule has 1 atom stereocenters. The molecule has 1 fully saturated rings. The van der Waals surface area contributed by atoms with E-state index in [-0.39, 0.29) is 5.91 Å². The molecule has 10 heteroatoms. The van der Waals surface area contributed by atoms with Crippen molar-refractivity contribution in [3.8, 4) is 11.3 Å². The normalized spacial score (nSPS) is 14.8. The molecule has 4 rings (SSSR count). The van der Waals surface area contributed by atoms with E-state index in [1.807, 2.05) is 36.4 Å². The van der Waals surface area contributed by atoms with E-state index < -0.39 is 16.8 Å². The predicted octanol–water partition coefficient (Wildman–Crippen LogP) is 7.29. The van der Waals surface area contributed by atoms with Crippen molar-refractivity contribution >= 4 is 51.5 Å². The molecule has 0 radical (unpaired) electrons. The van der Waals surface area contributed by atoms with E-state index in [1.54, 1.807) is 30.3 Å². The van der Waals surface area contributed by atoms with Crippen molar-refractivity contribution in [1.82, 2.24) is 4.98 Å². The minimum atomic E-state index is -1.01. The van der Waals surface area contributed by atoms with Gasteiger partial charge in [0.05, 0.1) is 16.9 Å². The van der Waals surface area contributed by atoms with Crippen LogP contribution in [-0.4, -0.2) is 27.4 Å². The Morgan fingerprint density at radius 2 is 1.84 bits per heavy atom. The minimum absolute atomic E-state index is 0.276. The van der Waals surface area contributed by atoms with Crippen molar-refractivity contribution in [3.05, 3.63) is 101 Å². The van der Waals surface area contributed by atoms with Crippen LogP contribution in [0.1, 0.15) is 37.0 Å². The van der Waals surface area contributed by atoms with Crippen LogP contribution in [0.5, 0.6) is 0 Å². The lowest BCUT2D eigenvalue weighted by atomic mass is 10.1. The van der Waals surface area contributed by atoms with E-state index in [0.29, 0.717) is 33.3 Å². The number of nitrogens with two attached hydrogens (primary N) is 1. The zero-order chi connectivity index (χ0) is 28.1. The van der Waals surface area contributed by atoms with Gasteiger partial charge < -0.3 is 11.1 Å². The molecule has 0 bridgehead atoms. The number of rotatable bonds is 4. The lowest BCUT2D eigenvalue weighted by Gasteiger charge is -2.27. The van der Waals surface area contributed by atoms with Gasteiger partial charge in [-0.3, -0.25) is 14.1 Å². The van der Waals surface area contributed by atoms with E-state index in [9.17, 15) is 13.4 Å². The molecule has 2 heterocycles. The number of amides is 1. The van der Waals surface area contributed by atoms with Crippen LogP contribution in [0.3, 0.4) is 0 Å². The molecular weight excluding hydrogens is 546 g/mol. The van der Waals surface area contributed by atoms with Gasteiger partial charge in [0.15, 0.2) is 0 Å². The van der Waals surface area contributed by atoms with Gasteiger partial charge in [-0.1, -0.05) is 35.9 Å². The second kappa shape index (κ2) is 15.9. The highest BCUT2D eigenvalue weighted by atomic mass is 35.5. The Bertz CT molecular complexity index is 1260. The Hall–Kier alpha value is -3.20. The molecule has 3 aromatic rings. The molecule has 1 unspecified atom stereocenters. The van der Waals surface area contributed by atoms with Gasteiger partial charge in [-0.05, 0) is 87.5 Å². The predicted molar refractivity (Wildman–Crippen MR) is 158 cm³/mol. The first-order chi connectivity index (χ1) is 18.2. The monoisotopic (exact) mass is 576 g/mol. The molecule has 0 saturated carbocycles. The Balaban J connectivity index is 0.000000559. The number of aromatic nitrogens is 1. The fourth-order valence-electron chi connectivity index (χ4n) is 3.26. The standard InChI is InChI=1S/C22H19ClFN3O2S.C4H7Cl.C2H5N/c23-20-9-6-17(13-19(20)21-10-5-16(24)14-25-21)26-22(28)15-3-7-18(8-4-15)27-11-1-2-12-30(27)29;1-3-4(2)5;1-2-3/h3-10,13-14H,1-2,11-12H2,(H,26,28);3H,1-2H3;2H,1,3H2/b;4-3+;. The smallest absolute Gasteiger partial charge is 0.255 e. The van der Waals surface area contributed by atoms with Crippen molar-refractivity contribution in [3.63, 3.8) is 0 Å². The van der Waals surface area contributed by atoms with E-state index in [1.165, 1.54) is 18.3 Å². The zero-order valence-corrected chi connectivity index (χ0v) is 23.6. The summed E-state index contributed by atoms with van der Waals surface area (Å²) in [6, 6.07) is 15.0. The molecule has 6 nitrogen and oxygen atoms in total. The number of anilines is 2. The average molecular weight is 578 g/mol. The van der Waals surface area contributed by atoms with Crippen molar-refractivity contribution < 1.29 is 13.4 Å². The molecule has 1 aliphatic rings. The van der Waals surface area contributed by atoms with E-state index in [2.05, 4.69) is 22.6 Å². The van der Waals surface area contributed by atoms with Crippen LogP contribution in [0.4, 0.5) is 15.8 Å². The number of nitrogens with one attached hydrogen (secondary N) is 1.